The third-order valence-electron chi connectivity index (χ3n) is 4.74. The van der Waals surface area contributed by atoms with E-state index in [2.05, 4.69) is 68.1 Å². The Hall–Kier alpha value is -3.00. The maximum atomic E-state index is 5.71. The van der Waals surface area contributed by atoms with Crippen molar-refractivity contribution in [1.82, 2.24) is 0 Å². The second kappa shape index (κ2) is 7.09. The number of rotatable bonds is 4. The lowest BCUT2D eigenvalue weighted by Gasteiger charge is -2.20. The van der Waals surface area contributed by atoms with Gasteiger partial charge in [-0.2, -0.15) is 0 Å². The molecule has 26 heavy (non-hydrogen) atoms. The summed E-state index contributed by atoms with van der Waals surface area (Å²) in [7, 11) is 0. The molecule has 0 amide bonds. The van der Waals surface area contributed by atoms with Crippen molar-refractivity contribution in [3.8, 4) is 22.6 Å². The molecule has 0 radical (unpaired) electrons. The minimum atomic E-state index is 0.605. The smallest absolute Gasteiger partial charge is 0.161 e. The van der Waals surface area contributed by atoms with Crippen molar-refractivity contribution >= 4 is 5.57 Å². The van der Waals surface area contributed by atoms with Crippen LogP contribution in [0.5, 0.6) is 11.5 Å². The Morgan fingerprint density at radius 1 is 0.885 bits per heavy atom. The Bertz CT molecular complexity index is 942. The molecule has 0 fully saturated rings. The van der Waals surface area contributed by atoms with E-state index in [0.717, 1.165) is 23.5 Å². The highest BCUT2D eigenvalue weighted by Crippen LogP contribution is 2.35. The largest absolute Gasteiger partial charge is 0.486 e. The van der Waals surface area contributed by atoms with Crippen molar-refractivity contribution in [3.63, 3.8) is 0 Å². The molecule has 130 valence electrons. The molecule has 0 atom stereocenters. The Kier molecular flexibility index (Phi) is 4.49. The maximum Gasteiger partial charge on any atom is 0.161 e. The summed E-state index contributed by atoms with van der Waals surface area (Å²) in [5, 5.41) is 0. The lowest BCUT2D eigenvalue weighted by Crippen LogP contribution is -2.15. The van der Waals surface area contributed by atoms with Gasteiger partial charge in [-0.25, -0.2) is 0 Å². The highest BCUT2D eigenvalue weighted by molar-refractivity contribution is 5.83. The molecule has 1 aliphatic heterocycles. The molecule has 4 rings (SSSR count). The number of allylic oxidation sites excluding steroid dienone is 1. The van der Waals surface area contributed by atoms with E-state index in [1.165, 1.54) is 27.8 Å². The molecular weight excluding hydrogens is 320 g/mol. The minimum absolute atomic E-state index is 0.605. The van der Waals surface area contributed by atoms with Crippen LogP contribution in [-0.2, 0) is 6.42 Å². The number of hydrogen-bond acceptors (Lipinski definition) is 2. The van der Waals surface area contributed by atoms with Crippen molar-refractivity contribution in [1.29, 1.82) is 0 Å². The molecular formula is C24H22O2. The van der Waals surface area contributed by atoms with Crippen molar-refractivity contribution in [3.05, 3.63) is 90.0 Å². The fraction of sp³-hybridized carbons (Fsp3) is 0.167. The molecule has 0 spiro atoms. The van der Waals surface area contributed by atoms with Gasteiger partial charge in [0.05, 0.1) is 0 Å². The fourth-order valence-electron chi connectivity index (χ4n) is 3.53. The molecule has 0 N–H and O–H groups in total. The molecule has 0 bridgehead atoms. The molecule has 1 aliphatic rings. The number of aryl methyl sites for hydroxylation is 1. The number of fused-ring (bicyclic) bond motifs is 1. The molecule has 1 heterocycles. The van der Waals surface area contributed by atoms with Gasteiger partial charge in [0.15, 0.2) is 11.5 Å². The molecule has 0 saturated carbocycles. The van der Waals surface area contributed by atoms with Crippen LogP contribution in [0.1, 0.15) is 16.7 Å². The molecule has 3 aromatic rings. The van der Waals surface area contributed by atoms with Crippen LogP contribution in [-0.4, -0.2) is 13.2 Å². The van der Waals surface area contributed by atoms with Gasteiger partial charge in [0.2, 0.25) is 0 Å². The summed E-state index contributed by atoms with van der Waals surface area (Å²) in [5.41, 5.74) is 7.21. The summed E-state index contributed by atoms with van der Waals surface area (Å²) in [6.07, 6.45) is 0.779. The number of ether oxygens (including phenoxy) is 2. The van der Waals surface area contributed by atoms with Gasteiger partial charge < -0.3 is 9.47 Å². The van der Waals surface area contributed by atoms with E-state index in [4.69, 9.17) is 9.47 Å². The van der Waals surface area contributed by atoms with Gasteiger partial charge in [-0.1, -0.05) is 61.2 Å². The van der Waals surface area contributed by atoms with Gasteiger partial charge in [0.1, 0.15) is 13.2 Å². The van der Waals surface area contributed by atoms with E-state index >= 15 is 0 Å². The van der Waals surface area contributed by atoms with E-state index in [1.807, 2.05) is 12.1 Å². The Morgan fingerprint density at radius 2 is 1.65 bits per heavy atom. The summed E-state index contributed by atoms with van der Waals surface area (Å²) >= 11 is 0. The summed E-state index contributed by atoms with van der Waals surface area (Å²) in [5.74, 6) is 1.65. The Balaban J connectivity index is 1.67. The van der Waals surface area contributed by atoms with Gasteiger partial charge in [-0.15, -0.1) is 0 Å². The molecule has 3 aromatic carbocycles. The van der Waals surface area contributed by atoms with Gasteiger partial charge in [-0.05, 0) is 58.9 Å². The number of benzene rings is 3. The van der Waals surface area contributed by atoms with Crippen LogP contribution < -0.4 is 9.47 Å². The first kappa shape index (κ1) is 16.5. The standard InChI is InChI=1S/C24H22O2/c1-17-7-6-10-21(20-8-4-3-5-9-20)24(17)18(2)15-19-11-12-22-23(16-19)26-14-13-25-22/h3-12,16H,2,13-15H2,1H3. The SMILES string of the molecule is C=C(Cc1ccc2c(c1)OCCO2)c1c(C)cccc1-c1ccccc1. The van der Waals surface area contributed by atoms with Crippen molar-refractivity contribution in [2.24, 2.45) is 0 Å². The molecule has 0 aromatic heterocycles. The fourth-order valence-corrected chi connectivity index (χ4v) is 3.53. The average Bonchev–Trinajstić information content (AvgIpc) is 2.68. The highest BCUT2D eigenvalue weighted by atomic mass is 16.6. The average molecular weight is 342 g/mol. The van der Waals surface area contributed by atoms with Gasteiger partial charge in [0.25, 0.3) is 0 Å². The van der Waals surface area contributed by atoms with Gasteiger partial charge in [-0.3, -0.25) is 0 Å². The second-order valence-corrected chi connectivity index (χ2v) is 6.62. The second-order valence-electron chi connectivity index (χ2n) is 6.62. The first-order valence-corrected chi connectivity index (χ1v) is 8.94. The van der Waals surface area contributed by atoms with Crippen molar-refractivity contribution < 1.29 is 9.47 Å². The Morgan fingerprint density at radius 3 is 2.46 bits per heavy atom. The monoisotopic (exact) mass is 342 g/mol. The van der Waals surface area contributed by atoms with E-state index in [-0.39, 0.29) is 0 Å². The van der Waals surface area contributed by atoms with Crippen LogP contribution in [0.25, 0.3) is 16.7 Å². The first-order chi connectivity index (χ1) is 12.7. The van der Waals surface area contributed by atoms with E-state index in [1.54, 1.807) is 0 Å². The topological polar surface area (TPSA) is 18.5 Å². The summed E-state index contributed by atoms with van der Waals surface area (Å²) in [6, 6.07) is 23.1. The van der Waals surface area contributed by atoms with Crippen LogP contribution in [0.15, 0.2) is 73.3 Å². The lowest BCUT2D eigenvalue weighted by molar-refractivity contribution is 0.171. The van der Waals surface area contributed by atoms with Crippen LogP contribution in [0, 0.1) is 6.92 Å². The predicted molar refractivity (Wildman–Crippen MR) is 107 cm³/mol. The zero-order valence-electron chi connectivity index (χ0n) is 15.0. The van der Waals surface area contributed by atoms with Crippen LogP contribution in [0.4, 0.5) is 0 Å². The zero-order valence-corrected chi connectivity index (χ0v) is 15.0. The summed E-state index contributed by atoms with van der Waals surface area (Å²) in [4.78, 5) is 0. The quantitative estimate of drug-likeness (QED) is 0.606. The van der Waals surface area contributed by atoms with Crippen molar-refractivity contribution in [2.75, 3.05) is 13.2 Å². The van der Waals surface area contributed by atoms with Gasteiger partial charge >= 0.3 is 0 Å². The summed E-state index contributed by atoms with van der Waals surface area (Å²) < 4.78 is 11.3. The van der Waals surface area contributed by atoms with Gasteiger partial charge in [0, 0.05) is 0 Å². The molecule has 2 heteroatoms. The van der Waals surface area contributed by atoms with E-state index in [0.29, 0.717) is 13.2 Å². The predicted octanol–water partition coefficient (Wildman–Crippen LogP) is 5.69. The minimum Gasteiger partial charge on any atom is -0.486 e. The van der Waals surface area contributed by atoms with E-state index in [9.17, 15) is 0 Å². The third-order valence-corrected chi connectivity index (χ3v) is 4.74. The normalized spacial score (nSPS) is 12.7. The van der Waals surface area contributed by atoms with E-state index < -0.39 is 0 Å². The highest BCUT2D eigenvalue weighted by Gasteiger charge is 2.15. The van der Waals surface area contributed by atoms with Crippen molar-refractivity contribution in [2.45, 2.75) is 13.3 Å². The first-order valence-electron chi connectivity index (χ1n) is 8.94. The van der Waals surface area contributed by atoms with Crippen LogP contribution >= 0.6 is 0 Å². The molecule has 0 saturated heterocycles. The third kappa shape index (κ3) is 3.23. The maximum absolute atomic E-state index is 5.71. The van der Waals surface area contributed by atoms with Crippen LogP contribution in [0.2, 0.25) is 0 Å². The molecule has 0 aliphatic carbocycles. The number of hydrogen-bond donors (Lipinski definition) is 0. The lowest BCUT2D eigenvalue weighted by atomic mass is 9.89. The Labute approximate surface area is 154 Å². The van der Waals surface area contributed by atoms with Crippen LogP contribution in [0.3, 0.4) is 0 Å². The molecule has 2 nitrogen and oxygen atoms in total. The summed E-state index contributed by atoms with van der Waals surface area (Å²) in [6.45, 7) is 7.78. The molecule has 0 unspecified atom stereocenters. The zero-order chi connectivity index (χ0) is 17.9.